The van der Waals surface area contributed by atoms with E-state index in [9.17, 15) is 9.59 Å². The molecule has 2 N–H and O–H groups in total. The lowest BCUT2D eigenvalue weighted by Crippen LogP contribution is -2.40. The minimum Gasteiger partial charge on any atom is -0.466 e. The monoisotopic (exact) mass is 304 g/mol. The second-order valence-electron chi connectivity index (χ2n) is 5.65. The number of ether oxygens (including phenoxy) is 1. The number of aryl methyl sites for hydroxylation is 1. The number of nitrogen functional groups attached to an aromatic ring is 1. The van der Waals surface area contributed by atoms with E-state index in [2.05, 4.69) is 0 Å². The molecule has 0 saturated carbocycles. The lowest BCUT2D eigenvalue weighted by Gasteiger charge is -2.31. The average molecular weight is 304 g/mol. The molecular weight excluding hydrogens is 280 g/mol. The van der Waals surface area contributed by atoms with Gasteiger partial charge >= 0.3 is 5.97 Å². The van der Waals surface area contributed by atoms with E-state index >= 15 is 0 Å². The standard InChI is InChI=1S/C17H24N2O3/c1-2-22-17(21)14-8-10-19(11-9-14)16(20)7-6-13-4-3-5-15(18)12-13/h3-5,12,14H,2,6-11,18H2,1H3. The Balaban J connectivity index is 1.76. The van der Waals surface area contributed by atoms with Crippen molar-refractivity contribution in [3.63, 3.8) is 0 Å². The van der Waals surface area contributed by atoms with E-state index in [1.807, 2.05) is 36.1 Å². The predicted molar refractivity (Wildman–Crippen MR) is 85.1 cm³/mol. The van der Waals surface area contributed by atoms with E-state index in [1.165, 1.54) is 0 Å². The third-order valence-electron chi connectivity index (χ3n) is 4.05. The van der Waals surface area contributed by atoms with Crippen LogP contribution in [0, 0.1) is 5.92 Å². The first kappa shape index (κ1) is 16.3. The molecule has 0 unspecified atom stereocenters. The van der Waals surface area contributed by atoms with E-state index in [4.69, 9.17) is 10.5 Å². The number of amides is 1. The van der Waals surface area contributed by atoms with Crippen LogP contribution in [-0.2, 0) is 20.7 Å². The molecule has 1 fully saturated rings. The summed E-state index contributed by atoms with van der Waals surface area (Å²) in [5.74, 6) is -0.0444. The number of carbonyl (C=O) groups is 2. The minimum atomic E-state index is -0.130. The number of hydrogen-bond acceptors (Lipinski definition) is 4. The van der Waals surface area contributed by atoms with Crippen molar-refractivity contribution in [3.8, 4) is 0 Å². The highest BCUT2D eigenvalue weighted by atomic mass is 16.5. The van der Waals surface area contributed by atoms with Gasteiger partial charge in [-0.2, -0.15) is 0 Å². The molecule has 5 heteroatoms. The molecule has 0 spiro atoms. The first-order valence-corrected chi connectivity index (χ1v) is 7.89. The summed E-state index contributed by atoms with van der Waals surface area (Å²) in [6, 6.07) is 7.63. The van der Waals surface area contributed by atoms with Crippen molar-refractivity contribution in [2.45, 2.75) is 32.6 Å². The van der Waals surface area contributed by atoms with Crippen LogP contribution in [0.5, 0.6) is 0 Å². The van der Waals surface area contributed by atoms with Crippen molar-refractivity contribution in [1.29, 1.82) is 0 Å². The highest BCUT2D eigenvalue weighted by Gasteiger charge is 2.27. The fourth-order valence-corrected chi connectivity index (χ4v) is 2.78. The number of anilines is 1. The molecule has 0 aliphatic carbocycles. The van der Waals surface area contributed by atoms with Crippen molar-refractivity contribution in [3.05, 3.63) is 29.8 Å². The zero-order valence-electron chi connectivity index (χ0n) is 13.1. The Morgan fingerprint density at radius 1 is 1.32 bits per heavy atom. The van der Waals surface area contributed by atoms with E-state index in [0.29, 0.717) is 45.4 Å². The molecule has 0 radical (unpaired) electrons. The predicted octanol–water partition coefficient (Wildman–Crippen LogP) is 2.00. The summed E-state index contributed by atoms with van der Waals surface area (Å²) in [6.45, 7) is 3.50. The number of rotatable bonds is 5. The molecule has 1 amide bonds. The van der Waals surface area contributed by atoms with Gasteiger partial charge < -0.3 is 15.4 Å². The van der Waals surface area contributed by atoms with Gasteiger partial charge in [0.1, 0.15) is 0 Å². The Morgan fingerprint density at radius 3 is 2.68 bits per heavy atom. The SMILES string of the molecule is CCOC(=O)C1CCN(C(=O)CCc2cccc(N)c2)CC1. The van der Waals surface area contributed by atoms with Gasteiger partial charge in [0.25, 0.3) is 0 Å². The fraction of sp³-hybridized carbons (Fsp3) is 0.529. The second-order valence-corrected chi connectivity index (χ2v) is 5.65. The normalized spacial score (nSPS) is 15.6. The summed E-state index contributed by atoms with van der Waals surface area (Å²) in [5.41, 5.74) is 7.54. The summed E-state index contributed by atoms with van der Waals surface area (Å²) < 4.78 is 5.04. The zero-order chi connectivity index (χ0) is 15.9. The summed E-state index contributed by atoms with van der Waals surface area (Å²) in [4.78, 5) is 25.8. The van der Waals surface area contributed by atoms with Crippen molar-refractivity contribution in [1.82, 2.24) is 4.90 Å². The number of likely N-dealkylation sites (tertiary alicyclic amines) is 1. The van der Waals surface area contributed by atoms with Crippen LogP contribution in [0.1, 0.15) is 31.7 Å². The number of carbonyl (C=O) groups excluding carboxylic acids is 2. The first-order valence-electron chi connectivity index (χ1n) is 7.89. The number of piperidine rings is 1. The first-order chi connectivity index (χ1) is 10.6. The van der Waals surface area contributed by atoms with Gasteiger partial charge in [-0.1, -0.05) is 12.1 Å². The lowest BCUT2D eigenvalue weighted by atomic mass is 9.96. The molecule has 5 nitrogen and oxygen atoms in total. The van der Waals surface area contributed by atoms with Crippen molar-refractivity contribution < 1.29 is 14.3 Å². The number of nitrogens with zero attached hydrogens (tertiary/aromatic N) is 1. The second kappa shape index (κ2) is 7.82. The highest BCUT2D eigenvalue weighted by molar-refractivity contribution is 5.77. The van der Waals surface area contributed by atoms with Crippen LogP contribution < -0.4 is 5.73 Å². The lowest BCUT2D eigenvalue weighted by molar-refractivity contribution is -0.151. The van der Waals surface area contributed by atoms with Crippen molar-refractivity contribution >= 4 is 17.6 Å². The largest absolute Gasteiger partial charge is 0.466 e. The van der Waals surface area contributed by atoms with Crippen molar-refractivity contribution in [2.75, 3.05) is 25.4 Å². The van der Waals surface area contributed by atoms with Gasteiger partial charge in [0, 0.05) is 25.2 Å². The van der Waals surface area contributed by atoms with Gasteiger partial charge in [0.2, 0.25) is 5.91 Å². The van der Waals surface area contributed by atoms with Gasteiger partial charge in [-0.3, -0.25) is 9.59 Å². The Labute approximate surface area is 131 Å². The molecule has 0 aromatic heterocycles. The van der Waals surface area contributed by atoms with Crippen LogP contribution in [0.2, 0.25) is 0 Å². The summed E-state index contributed by atoms with van der Waals surface area (Å²) in [5, 5.41) is 0. The quantitative estimate of drug-likeness (QED) is 0.667. The molecule has 1 aliphatic rings. The van der Waals surface area contributed by atoms with Gasteiger partial charge in [-0.05, 0) is 43.9 Å². The van der Waals surface area contributed by atoms with Crippen LogP contribution in [0.3, 0.4) is 0 Å². The molecule has 0 bridgehead atoms. The molecular formula is C17H24N2O3. The topological polar surface area (TPSA) is 72.6 Å². The summed E-state index contributed by atoms with van der Waals surface area (Å²) in [7, 11) is 0. The Hall–Kier alpha value is -2.04. The summed E-state index contributed by atoms with van der Waals surface area (Å²) >= 11 is 0. The Bertz CT molecular complexity index is 522. The number of benzene rings is 1. The Morgan fingerprint density at radius 2 is 2.05 bits per heavy atom. The fourth-order valence-electron chi connectivity index (χ4n) is 2.78. The zero-order valence-corrected chi connectivity index (χ0v) is 13.1. The smallest absolute Gasteiger partial charge is 0.309 e. The Kier molecular flexibility index (Phi) is 5.81. The maximum absolute atomic E-state index is 12.2. The number of hydrogen-bond donors (Lipinski definition) is 1. The minimum absolute atomic E-state index is 0.0575. The molecule has 1 heterocycles. The van der Waals surface area contributed by atoms with Gasteiger partial charge in [0.15, 0.2) is 0 Å². The van der Waals surface area contributed by atoms with Crippen molar-refractivity contribution in [2.24, 2.45) is 5.92 Å². The molecule has 1 aliphatic heterocycles. The van der Waals surface area contributed by atoms with Crippen LogP contribution in [0.4, 0.5) is 5.69 Å². The molecule has 120 valence electrons. The van der Waals surface area contributed by atoms with E-state index < -0.39 is 0 Å². The van der Waals surface area contributed by atoms with E-state index in [1.54, 1.807) is 0 Å². The maximum atomic E-state index is 12.2. The molecule has 1 aromatic rings. The van der Waals surface area contributed by atoms with Crippen LogP contribution in [0.15, 0.2) is 24.3 Å². The van der Waals surface area contributed by atoms with Crippen LogP contribution in [-0.4, -0.2) is 36.5 Å². The molecule has 22 heavy (non-hydrogen) atoms. The molecule has 1 saturated heterocycles. The molecule has 1 aromatic carbocycles. The van der Waals surface area contributed by atoms with Crippen LogP contribution in [0.25, 0.3) is 0 Å². The van der Waals surface area contributed by atoms with Gasteiger partial charge in [-0.25, -0.2) is 0 Å². The summed E-state index contributed by atoms with van der Waals surface area (Å²) in [6.07, 6.45) is 2.57. The van der Waals surface area contributed by atoms with Crippen LogP contribution >= 0.6 is 0 Å². The van der Waals surface area contributed by atoms with Gasteiger partial charge in [0.05, 0.1) is 12.5 Å². The number of nitrogens with two attached hydrogens (primary N) is 1. The van der Waals surface area contributed by atoms with E-state index in [-0.39, 0.29) is 17.8 Å². The van der Waals surface area contributed by atoms with Gasteiger partial charge in [-0.15, -0.1) is 0 Å². The molecule has 2 rings (SSSR count). The third kappa shape index (κ3) is 4.48. The molecule has 0 atom stereocenters. The maximum Gasteiger partial charge on any atom is 0.309 e. The van der Waals surface area contributed by atoms with E-state index in [0.717, 1.165) is 11.3 Å². The highest BCUT2D eigenvalue weighted by Crippen LogP contribution is 2.20. The number of esters is 1. The average Bonchev–Trinajstić information content (AvgIpc) is 2.53. The third-order valence-corrected chi connectivity index (χ3v) is 4.05.